The maximum Gasteiger partial charge on any atom is 0.271 e. The zero-order valence-electron chi connectivity index (χ0n) is 16.2. The molecule has 0 aliphatic rings. The van der Waals surface area contributed by atoms with Crippen LogP contribution in [0.4, 0.5) is 0 Å². The topological polar surface area (TPSA) is 86.2 Å². The van der Waals surface area contributed by atoms with Crippen LogP contribution in [0.1, 0.15) is 42.9 Å². The van der Waals surface area contributed by atoms with E-state index in [1.165, 1.54) is 11.3 Å². The van der Waals surface area contributed by atoms with Crippen LogP contribution in [0.25, 0.3) is 10.8 Å². The SMILES string of the molecule is COc1cc(C(C)NC(=O)c2csc(-c3ncccn3)n2)ccc1OC(C)C. The van der Waals surface area contributed by atoms with Crippen molar-refractivity contribution in [2.24, 2.45) is 0 Å². The van der Waals surface area contributed by atoms with Crippen LogP contribution in [0, 0.1) is 0 Å². The quantitative estimate of drug-likeness (QED) is 0.650. The number of nitrogens with zero attached hydrogens (tertiary/aromatic N) is 3. The van der Waals surface area contributed by atoms with Gasteiger partial charge in [0.1, 0.15) is 5.69 Å². The third-order valence-electron chi connectivity index (χ3n) is 3.89. The van der Waals surface area contributed by atoms with E-state index in [9.17, 15) is 4.79 Å². The Labute approximate surface area is 167 Å². The molecule has 2 heterocycles. The molecule has 0 spiro atoms. The fraction of sp³-hybridized carbons (Fsp3) is 0.300. The Morgan fingerprint density at radius 3 is 2.57 bits per heavy atom. The molecule has 0 saturated heterocycles. The Kier molecular flexibility index (Phi) is 6.20. The minimum atomic E-state index is -0.257. The van der Waals surface area contributed by atoms with Gasteiger partial charge in [0.05, 0.1) is 19.3 Å². The predicted octanol–water partition coefficient (Wildman–Crippen LogP) is 3.89. The van der Waals surface area contributed by atoms with Gasteiger partial charge in [0.15, 0.2) is 22.3 Å². The maximum atomic E-state index is 12.6. The van der Waals surface area contributed by atoms with Gasteiger partial charge in [0, 0.05) is 17.8 Å². The van der Waals surface area contributed by atoms with Gasteiger partial charge in [0.2, 0.25) is 0 Å². The molecule has 1 aromatic carbocycles. The number of nitrogens with one attached hydrogen (secondary N) is 1. The van der Waals surface area contributed by atoms with Crippen molar-refractivity contribution in [3.05, 3.63) is 53.3 Å². The molecular formula is C20H22N4O3S. The van der Waals surface area contributed by atoms with Gasteiger partial charge >= 0.3 is 0 Å². The van der Waals surface area contributed by atoms with Crippen LogP contribution in [0.2, 0.25) is 0 Å². The summed E-state index contributed by atoms with van der Waals surface area (Å²) in [5.41, 5.74) is 1.24. The highest BCUT2D eigenvalue weighted by molar-refractivity contribution is 7.13. The smallest absolute Gasteiger partial charge is 0.271 e. The highest BCUT2D eigenvalue weighted by Crippen LogP contribution is 2.31. The molecule has 7 nitrogen and oxygen atoms in total. The first-order valence-electron chi connectivity index (χ1n) is 8.86. The van der Waals surface area contributed by atoms with E-state index in [0.717, 1.165) is 5.56 Å². The number of aromatic nitrogens is 3. The Balaban J connectivity index is 1.71. The lowest BCUT2D eigenvalue weighted by Crippen LogP contribution is -2.27. The molecule has 0 bridgehead atoms. The number of thiazole rings is 1. The van der Waals surface area contributed by atoms with Crippen LogP contribution in [0.15, 0.2) is 42.0 Å². The molecule has 0 radical (unpaired) electrons. The number of hydrogen-bond acceptors (Lipinski definition) is 7. The molecule has 1 atom stereocenters. The average molecular weight is 398 g/mol. The second-order valence-corrected chi connectivity index (χ2v) is 7.24. The van der Waals surface area contributed by atoms with Gasteiger partial charge in [0.25, 0.3) is 5.91 Å². The molecule has 1 unspecified atom stereocenters. The molecule has 3 aromatic rings. The summed E-state index contributed by atoms with van der Waals surface area (Å²) < 4.78 is 11.2. The molecule has 0 aliphatic heterocycles. The van der Waals surface area contributed by atoms with Crippen molar-refractivity contribution in [3.63, 3.8) is 0 Å². The molecule has 3 rings (SSSR count). The van der Waals surface area contributed by atoms with E-state index in [1.54, 1.807) is 30.9 Å². The van der Waals surface area contributed by atoms with Crippen LogP contribution in [-0.2, 0) is 0 Å². The minimum absolute atomic E-state index is 0.0457. The lowest BCUT2D eigenvalue weighted by molar-refractivity contribution is 0.0935. The summed E-state index contributed by atoms with van der Waals surface area (Å²) in [7, 11) is 1.60. The first-order valence-corrected chi connectivity index (χ1v) is 9.74. The molecule has 1 N–H and O–H groups in total. The summed E-state index contributed by atoms with van der Waals surface area (Å²) in [5.74, 6) is 1.55. The van der Waals surface area contributed by atoms with Gasteiger partial charge in [-0.1, -0.05) is 6.07 Å². The molecule has 28 heavy (non-hydrogen) atoms. The van der Waals surface area contributed by atoms with E-state index in [1.807, 2.05) is 39.0 Å². The van der Waals surface area contributed by atoms with E-state index in [0.29, 0.717) is 28.0 Å². The van der Waals surface area contributed by atoms with E-state index < -0.39 is 0 Å². The van der Waals surface area contributed by atoms with Gasteiger partial charge in [-0.05, 0) is 44.5 Å². The Morgan fingerprint density at radius 2 is 1.89 bits per heavy atom. The minimum Gasteiger partial charge on any atom is -0.493 e. The first-order chi connectivity index (χ1) is 13.5. The maximum absolute atomic E-state index is 12.6. The third kappa shape index (κ3) is 4.64. The van der Waals surface area contributed by atoms with Crippen molar-refractivity contribution in [1.29, 1.82) is 0 Å². The highest BCUT2D eigenvalue weighted by Gasteiger charge is 2.17. The number of hydrogen-bond donors (Lipinski definition) is 1. The van der Waals surface area contributed by atoms with Crippen LogP contribution >= 0.6 is 11.3 Å². The number of carbonyl (C=O) groups is 1. The molecule has 146 valence electrons. The fourth-order valence-corrected chi connectivity index (χ4v) is 3.29. The number of amides is 1. The van der Waals surface area contributed by atoms with Crippen LogP contribution < -0.4 is 14.8 Å². The average Bonchev–Trinajstić information content (AvgIpc) is 3.19. The van der Waals surface area contributed by atoms with E-state index >= 15 is 0 Å². The van der Waals surface area contributed by atoms with E-state index in [4.69, 9.17) is 9.47 Å². The molecule has 2 aromatic heterocycles. The van der Waals surface area contributed by atoms with Crippen LogP contribution in [-0.4, -0.2) is 34.1 Å². The summed E-state index contributed by atoms with van der Waals surface area (Å²) in [6.45, 7) is 5.82. The molecule has 0 saturated carbocycles. The van der Waals surface area contributed by atoms with Crippen molar-refractivity contribution >= 4 is 17.2 Å². The van der Waals surface area contributed by atoms with Crippen molar-refractivity contribution in [3.8, 4) is 22.3 Å². The highest BCUT2D eigenvalue weighted by atomic mass is 32.1. The number of methoxy groups -OCH3 is 1. The van der Waals surface area contributed by atoms with Gasteiger partial charge < -0.3 is 14.8 Å². The van der Waals surface area contributed by atoms with Gasteiger partial charge in [-0.15, -0.1) is 11.3 Å². The zero-order valence-corrected chi connectivity index (χ0v) is 17.0. The predicted molar refractivity (Wildman–Crippen MR) is 108 cm³/mol. The lowest BCUT2D eigenvalue weighted by atomic mass is 10.1. The monoisotopic (exact) mass is 398 g/mol. The van der Waals surface area contributed by atoms with Gasteiger partial charge in [-0.2, -0.15) is 0 Å². The zero-order chi connectivity index (χ0) is 20.1. The number of carbonyl (C=O) groups excluding carboxylic acids is 1. The summed E-state index contributed by atoms with van der Waals surface area (Å²) in [4.78, 5) is 25.2. The summed E-state index contributed by atoms with van der Waals surface area (Å²) in [6, 6.07) is 7.14. The largest absolute Gasteiger partial charge is 0.493 e. The summed E-state index contributed by atoms with van der Waals surface area (Å²) in [5, 5.41) is 5.27. The Hall–Kier alpha value is -3.00. The van der Waals surface area contributed by atoms with E-state index in [-0.39, 0.29) is 18.1 Å². The second kappa shape index (κ2) is 8.79. The molecule has 1 amide bonds. The number of ether oxygens (including phenoxy) is 2. The Morgan fingerprint density at radius 1 is 1.14 bits per heavy atom. The molecule has 8 heteroatoms. The van der Waals surface area contributed by atoms with Gasteiger partial charge in [-0.25, -0.2) is 15.0 Å². The Bertz CT molecular complexity index is 944. The molecular weight excluding hydrogens is 376 g/mol. The van der Waals surface area contributed by atoms with Crippen molar-refractivity contribution in [2.45, 2.75) is 32.9 Å². The van der Waals surface area contributed by atoms with Crippen molar-refractivity contribution < 1.29 is 14.3 Å². The number of benzene rings is 1. The van der Waals surface area contributed by atoms with Crippen LogP contribution in [0.3, 0.4) is 0 Å². The number of rotatable bonds is 7. The standard InChI is InChI=1S/C20H22N4O3S/c1-12(2)27-16-7-6-14(10-17(16)26-4)13(3)23-19(25)15-11-28-20(24-15)18-21-8-5-9-22-18/h5-13H,1-4H3,(H,23,25). The van der Waals surface area contributed by atoms with Crippen molar-refractivity contribution in [2.75, 3.05) is 7.11 Å². The van der Waals surface area contributed by atoms with Gasteiger partial charge in [-0.3, -0.25) is 4.79 Å². The molecule has 0 fully saturated rings. The van der Waals surface area contributed by atoms with Crippen molar-refractivity contribution in [1.82, 2.24) is 20.3 Å². The molecule has 0 aliphatic carbocycles. The second-order valence-electron chi connectivity index (χ2n) is 6.38. The normalized spacial score (nSPS) is 11.9. The van der Waals surface area contributed by atoms with E-state index in [2.05, 4.69) is 20.3 Å². The first kappa shape index (κ1) is 19.8. The summed E-state index contributed by atoms with van der Waals surface area (Å²) in [6.07, 6.45) is 3.33. The third-order valence-corrected chi connectivity index (χ3v) is 4.73. The summed E-state index contributed by atoms with van der Waals surface area (Å²) >= 11 is 1.33. The fourth-order valence-electron chi connectivity index (χ4n) is 2.55. The lowest BCUT2D eigenvalue weighted by Gasteiger charge is -2.18. The van der Waals surface area contributed by atoms with Crippen LogP contribution in [0.5, 0.6) is 11.5 Å².